The number of rotatable bonds is 1. The first kappa shape index (κ1) is 9.37. The number of aliphatic hydroxyl groups excluding tert-OH is 1. The van der Waals surface area contributed by atoms with Gasteiger partial charge in [0.25, 0.3) is 0 Å². The number of fused-ring (bicyclic) bond motifs is 3. The van der Waals surface area contributed by atoms with E-state index in [0.29, 0.717) is 11.8 Å². The maximum atomic E-state index is 9.99. The van der Waals surface area contributed by atoms with Crippen LogP contribution in [0.4, 0.5) is 0 Å². The third kappa shape index (κ3) is 1.58. The van der Waals surface area contributed by atoms with E-state index in [1.54, 1.807) is 0 Å². The van der Waals surface area contributed by atoms with E-state index < -0.39 is 0 Å². The lowest BCUT2D eigenvalue weighted by Crippen LogP contribution is -2.54. The molecule has 0 aromatic heterocycles. The predicted octanol–water partition coefficient (Wildman–Crippen LogP) is 1.47. The molecule has 3 saturated heterocycles. The molecule has 1 N–H and O–H groups in total. The molecule has 0 amide bonds. The van der Waals surface area contributed by atoms with E-state index in [1.165, 1.54) is 12.1 Å². The first-order valence-electron chi connectivity index (χ1n) is 5.80. The van der Waals surface area contributed by atoms with Crippen molar-refractivity contribution in [3.05, 3.63) is 35.9 Å². The summed E-state index contributed by atoms with van der Waals surface area (Å²) in [6.45, 7) is 3.19. The van der Waals surface area contributed by atoms with Crippen LogP contribution >= 0.6 is 0 Å². The van der Waals surface area contributed by atoms with Crippen molar-refractivity contribution in [2.45, 2.75) is 18.4 Å². The fourth-order valence-electron chi connectivity index (χ4n) is 3.12. The third-order valence-electron chi connectivity index (χ3n) is 3.92. The molecule has 0 spiro atoms. The number of hydrogen-bond acceptors (Lipinski definition) is 2. The molecule has 4 atom stereocenters. The zero-order chi connectivity index (χ0) is 10.3. The molecule has 3 heterocycles. The van der Waals surface area contributed by atoms with Crippen LogP contribution in [0, 0.1) is 5.92 Å². The Kier molecular flexibility index (Phi) is 2.26. The van der Waals surface area contributed by atoms with Crippen molar-refractivity contribution in [3.63, 3.8) is 0 Å². The molecule has 2 heteroatoms. The van der Waals surface area contributed by atoms with E-state index in [2.05, 4.69) is 35.2 Å². The van der Waals surface area contributed by atoms with E-state index in [-0.39, 0.29) is 6.10 Å². The minimum absolute atomic E-state index is 0.113. The Morgan fingerprint density at radius 1 is 1.13 bits per heavy atom. The second kappa shape index (κ2) is 3.62. The molecule has 4 rings (SSSR count). The fraction of sp³-hybridized carbons (Fsp3) is 0.538. The number of hydrogen-bond donors (Lipinski definition) is 1. The van der Waals surface area contributed by atoms with Crippen LogP contribution in [0.3, 0.4) is 0 Å². The van der Waals surface area contributed by atoms with Crippen molar-refractivity contribution in [3.8, 4) is 0 Å². The van der Waals surface area contributed by atoms with Gasteiger partial charge >= 0.3 is 0 Å². The minimum Gasteiger partial charge on any atom is -0.391 e. The van der Waals surface area contributed by atoms with Gasteiger partial charge in [-0.05, 0) is 24.4 Å². The average molecular weight is 203 g/mol. The number of nitrogens with zero attached hydrogens (tertiary/aromatic N) is 1. The molecule has 1 aromatic rings. The van der Waals surface area contributed by atoms with Gasteiger partial charge in [-0.1, -0.05) is 30.3 Å². The lowest BCUT2D eigenvalue weighted by atomic mass is 9.74. The molecule has 3 fully saturated rings. The molecule has 0 saturated carbocycles. The molecule has 15 heavy (non-hydrogen) atoms. The maximum absolute atomic E-state index is 9.99. The zero-order valence-electron chi connectivity index (χ0n) is 8.84. The molecule has 2 bridgehead atoms. The van der Waals surface area contributed by atoms with E-state index in [0.717, 1.165) is 19.5 Å². The number of aliphatic hydroxyl groups is 1. The highest BCUT2D eigenvalue weighted by atomic mass is 16.3. The van der Waals surface area contributed by atoms with Crippen LogP contribution in [-0.2, 0) is 0 Å². The van der Waals surface area contributed by atoms with E-state index in [1.807, 2.05) is 0 Å². The smallest absolute Gasteiger partial charge is 0.0702 e. The predicted molar refractivity (Wildman–Crippen MR) is 59.7 cm³/mol. The Morgan fingerprint density at radius 2 is 1.93 bits per heavy atom. The lowest BCUT2D eigenvalue weighted by molar-refractivity contribution is -0.0373. The Balaban J connectivity index is 1.88. The standard InChI is InChI=1S/C13H17NO/c15-13-9-14-7-6-11(13)12(8-14)10-4-2-1-3-5-10/h1-5,11-13,15H,6-9H2/t11-,12-,13-/m1/s1. The van der Waals surface area contributed by atoms with Crippen LogP contribution in [0.5, 0.6) is 0 Å². The molecule has 0 aliphatic carbocycles. The third-order valence-corrected chi connectivity index (χ3v) is 3.92. The quantitative estimate of drug-likeness (QED) is 0.747. The topological polar surface area (TPSA) is 23.5 Å². The van der Waals surface area contributed by atoms with E-state index >= 15 is 0 Å². The summed E-state index contributed by atoms with van der Waals surface area (Å²) in [7, 11) is 0. The number of benzene rings is 1. The maximum Gasteiger partial charge on any atom is 0.0702 e. The lowest BCUT2D eigenvalue weighted by Gasteiger charge is -2.48. The average Bonchev–Trinajstić information content (AvgIpc) is 2.30. The van der Waals surface area contributed by atoms with Gasteiger partial charge in [0.1, 0.15) is 0 Å². The van der Waals surface area contributed by atoms with Crippen LogP contribution in [0.2, 0.25) is 0 Å². The van der Waals surface area contributed by atoms with E-state index in [9.17, 15) is 5.11 Å². The van der Waals surface area contributed by atoms with Crippen LogP contribution in [0.1, 0.15) is 17.9 Å². The van der Waals surface area contributed by atoms with Crippen LogP contribution in [0.25, 0.3) is 0 Å². The highest BCUT2D eigenvalue weighted by Gasteiger charge is 2.40. The molecular weight excluding hydrogens is 186 g/mol. The summed E-state index contributed by atoms with van der Waals surface area (Å²) >= 11 is 0. The van der Waals surface area contributed by atoms with Gasteiger partial charge in [0.2, 0.25) is 0 Å². The van der Waals surface area contributed by atoms with Crippen molar-refractivity contribution < 1.29 is 5.11 Å². The summed E-state index contributed by atoms with van der Waals surface area (Å²) in [6, 6.07) is 10.6. The van der Waals surface area contributed by atoms with Gasteiger partial charge in [-0.2, -0.15) is 0 Å². The highest BCUT2D eigenvalue weighted by molar-refractivity contribution is 5.23. The second-order valence-corrected chi connectivity index (χ2v) is 4.80. The summed E-state index contributed by atoms with van der Waals surface area (Å²) < 4.78 is 0. The SMILES string of the molecule is O[C@@H]1CN2CC[C@@H]1[C@@H](c1ccccc1)C2. The molecule has 3 aliphatic rings. The highest BCUT2D eigenvalue weighted by Crippen LogP contribution is 2.38. The molecule has 80 valence electrons. The molecule has 3 aliphatic heterocycles. The van der Waals surface area contributed by atoms with Crippen LogP contribution < -0.4 is 0 Å². The van der Waals surface area contributed by atoms with Gasteiger partial charge in [0, 0.05) is 19.0 Å². The van der Waals surface area contributed by atoms with Gasteiger partial charge in [-0.15, -0.1) is 0 Å². The fourth-order valence-corrected chi connectivity index (χ4v) is 3.12. The van der Waals surface area contributed by atoms with Gasteiger partial charge < -0.3 is 10.0 Å². The first-order chi connectivity index (χ1) is 7.34. The van der Waals surface area contributed by atoms with Crippen molar-refractivity contribution in [1.82, 2.24) is 4.90 Å². The molecule has 1 aromatic carbocycles. The Bertz CT molecular complexity index is 338. The van der Waals surface area contributed by atoms with Crippen LogP contribution in [0.15, 0.2) is 30.3 Å². The van der Waals surface area contributed by atoms with Crippen molar-refractivity contribution >= 4 is 0 Å². The summed E-state index contributed by atoms with van der Waals surface area (Å²) in [5.74, 6) is 1.03. The summed E-state index contributed by atoms with van der Waals surface area (Å²) in [6.07, 6.45) is 1.04. The first-order valence-corrected chi connectivity index (χ1v) is 5.80. The van der Waals surface area contributed by atoms with Gasteiger partial charge in [-0.3, -0.25) is 0 Å². The van der Waals surface area contributed by atoms with Gasteiger partial charge in [0.15, 0.2) is 0 Å². The Labute approximate surface area is 90.5 Å². The van der Waals surface area contributed by atoms with Crippen molar-refractivity contribution in [1.29, 1.82) is 0 Å². The second-order valence-electron chi connectivity index (χ2n) is 4.80. The zero-order valence-corrected chi connectivity index (χ0v) is 8.84. The molecule has 1 unspecified atom stereocenters. The number of piperidine rings is 3. The van der Waals surface area contributed by atoms with Crippen LogP contribution in [-0.4, -0.2) is 35.7 Å². The minimum atomic E-state index is -0.113. The van der Waals surface area contributed by atoms with Gasteiger partial charge in [-0.25, -0.2) is 0 Å². The Hall–Kier alpha value is -0.860. The summed E-state index contributed by atoms with van der Waals surface area (Å²) in [5, 5.41) is 9.99. The monoisotopic (exact) mass is 203 g/mol. The van der Waals surface area contributed by atoms with E-state index in [4.69, 9.17) is 0 Å². The summed E-state index contributed by atoms with van der Waals surface area (Å²) in [4.78, 5) is 2.39. The largest absolute Gasteiger partial charge is 0.391 e. The molecule has 2 nitrogen and oxygen atoms in total. The van der Waals surface area contributed by atoms with Crippen molar-refractivity contribution in [2.24, 2.45) is 5.92 Å². The van der Waals surface area contributed by atoms with Gasteiger partial charge in [0.05, 0.1) is 6.10 Å². The summed E-state index contributed by atoms with van der Waals surface area (Å²) in [5.41, 5.74) is 1.39. The van der Waals surface area contributed by atoms with Crippen molar-refractivity contribution in [2.75, 3.05) is 19.6 Å². The molecule has 0 radical (unpaired) electrons. The normalized spacial score (nSPS) is 39.3. The molecular formula is C13H17NO. The Morgan fingerprint density at radius 3 is 2.60 bits per heavy atom.